The van der Waals surface area contributed by atoms with Crippen LogP contribution in [0.5, 0.6) is 0 Å². The predicted octanol–water partition coefficient (Wildman–Crippen LogP) is 1.89. The van der Waals surface area contributed by atoms with Gasteiger partial charge in [0.2, 0.25) is 0 Å². The zero-order valence-corrected chi connectivity index (χ0v) is 13.8. The number of morpholine rings is 1. The Morgan fingerprint density at radius 3 is 2.62 bits per heavy atom. The van der Waals surface area contributed by atoms with Gasteiger partial charge >= 0.3 is 0 Å². The molecule has 2 bridgehead atoms. The van der Waals surface area contributed by atoms with E-state index in [1.165, 1.54) is 32.2 Å². The third kappa shape index (κ3) is 4.19. The number of ether oxygens (including phenoxy) is 2. The maximum Gasteiger partial charge on any atom is 0.0707 e. The Hall–Kier alpha value is -0.160. The van der Waals surface area contributed by atoms with Crippen molar-refractivity contribution in [2.75, 3.05) is 45.9 Å². The van der Waals surface area contributed by atoms with Gasteiger partial charge in [0.15, 0.2) is 0 Å². The van der Waals surface area contributed by atoms with Gasteiger partial charge in [-0.05, 0) is 38.1 Å². The standard InChI is InChI=1S/C17H32N2O2/c1-14(2)8-18-11-17(6-3-7-20-13-17)12-19-9-15-4-5-16(10-19)21-15/h14-16,18H,3-13H2,1-2H3. The quantitative estimate of drug-likeness (QED) is 0.811. The summed E-state index contributed by atoms with van der Waals surface area (Å²) in [5.74, 6) is 0.714. The molecular formula is C17H32N2O2. The van der Waals surface area contributed by atoms with E-state index in [4.69, 9.17) is 9.47 Å². The Morgan fingerprint density at radius 1 is 1.24 bits per heavy atom. The van der Waals surface area contributed by atoms with Crippen LogP contribution in [0.2, 0.25) is 0 Å². The van der Waals surface area contributed by atoms with Gasteiger partial charge in [0.1, 0.15) is 0 Å². The van der Waals surface area contributed by atoms with Crippen molar-refractivity contribution in [3.05, 3.63) is 0 Å². The van der Waals surface area contributed by atoms with Crippen LogP contribution in [0.3, 0.4) is 0 Å². The van der Waals surface area contributed by atoms with E-state index in [2.05, 4.69) is 24.1 Å². The van der Waals surface area contributed by atoms with Crippen LogP contribution < -0.4 is 5.32 Å². The first-order chi connectivity index (χ1) is 10.2. The minimum atomic E-state index is 0.309. The highest BCUT2D eigenvalue weighted by Crippen LogP contribution is 2.33. The zero-order chi connectivity index (χ0) is 14.7. The van der Waals surface area contributed by atoms with Crippen molar-refractivity contribution in [3.63, 3.8) is 0 Å². The summed E-state index contributed by atoms with van der Waals surface area (Å²) in [7, 11) is 0. The maximum absolute atomic E-state index is 5.97. The summed E-state index contributed by atoms with van der Waals surface area (Å²) >= 11 is 0. The van der Waals surface area contributed by atoms with E-state index in [-0.39, 0.29) is 0 Å². The van der Waals surface area contributed by atoms with Crippen LogP contribution >= 0.6 is 0 Å². The third-order valence-corrected chi connectivity index (χ3v) is 5.13. The van der Waals surface area contributed by atoms with Gasteiger partial charge in [-0.2, -0.15) is 0 Å². The van der Waals surface area contributed by atoms with Gasteiger partial charge < -0.3 is 14.8 Å². The van der Waals surface area contributed by atoms with Crippen LogP contribution in [0.1, 0.15) is 39.5 Å². The molecule has 3 saturated heterocycles. The van der Waals surface area contributed by atoms with Crippen LogP contribution in [0.25, 0.3) is 0 Å². The van der Waals surface area contributed by atoms with E-state index in [0.29, 0.717) is 23.5 Å². The van der Waals surface area contributed by atoms with Gasteiger partial charge in [-0.25, -0.2) is 0 Å². The van der Waals surface area contributed by atoms with Crippen LogP contribution in [-0.4, -0.2) is 63.0 Å². The fourth-order valence-electron chi connectivity index (χ4n) is 4.16. The Kier molecular flexibility index (Phi) is 5.20. The average molecular weight is 296 g/mol. The first-order valence-electron chi connectivity index (χ1n) is 8.81. The molecular weight excluding hydrogens is 264 g/mol. The lowest BCUT2D eigenvalue weighted by Gasteiger charge is -2.43. The van der Waals surface area contributed by atoms with E-state index in [1.54, 1.807) is 0 Å². The summed E-state index contributed by atoms with van der Waals surface area (Å²) in [6.45, 7) is 12.0. The molecule has 21 heavy (non-hydrogen) atoms. The lowest BCUT2D eigenvalue weighted by atomic mass is 9.81. The second-order valence-electron chi connectivity index (χ2n) is 7.83. The van der Waals surface area contributed by atoms with Gasteiger partial charge in [-0.1, -0.05) is 13.8 Å². The molecule has 3 atom stereocenters. The first kappa shape index (κ1) is 15.7. The molecule has 3 rings (SSSR count). The van der Waals surface area contributed by atoms with Crippen molar-refractivity contribution >= 4 is 0 Å². The molecule has 0 aromatic carbocycles. The number of nitrogens with one attached hydrogen (secondary N) is 1. The maximum atomic E-state index is 5.97. The number of hydrogen-bond donors (Lipinski definition) is 1. The fourth-order valence-corrected chi connectivity index (χ4v) is 4.16. The molecule has 1 N–H and O–H groups in total. The molecule has 0 spiro atoms. The van der Waals surface area contributed by atoms with Crippen LogP contribution in [0.4, 0.5) is 0 Å². The smallest absolute Gasteiger partial charge is 0.0707 e. The molecule has 4 heteroatoms. The van der Waals surface area contributed by atoms with Gasteiger partial charge in [-0.3, -0.25) is 4.90 Å². The minimum Gasteiger partial charge on any atom is -0.381 e. The van der Waals surface area contributed by atoms with E-state index < -0.39 is 0 Å². The summed E-state index contributed by atoms with van der Waals surface area (Å²) in [5, 5.41) is 3.69. The first-order valence-corrected chi connectivity index (χ1v) is 8.81. The Balaban J connectivity index is 1.56. The van der Waals surface area contributed by atoms with Crippen molar-refractivity contribution in [1.29, 1.82) is 0 Å². The SMILES string of the molecule is CC(C)CNCC1(CN2CC3CCC(C2)O3)CCCOC1. The molecule has 0 aromatic rings. The largest absolute Gasteiger partial charge is 0.381 e. The van der Waals surface area contributed by atoms with E-state index >= 15 is 0 Å². The summed E-state index contributed by atoms with van der Waals surface area (Å²) in [4.78, 5) is 2.65. The highest BCUT2D eigenvalue weighted by Gasteiger charge is 2.39. The second kappa shape index (κ2) is 6.95. The highest BCUT2D eigenvalue weighted by atomic mass is 16.5. The molecule has 3 fully saturated rings. The molecule has 3 unspecified atom stereocenters. The minimum absolute atomic E-state index is 0.309. The van der Waals surface area contributed by atoms with Crippen molar-refractivity contribution in [3.8, 4) is 0 Å². The number of nitrogens with zero attached hydrogens (tertiary/aromatic N) is 1. The predicted molar refractivity (Wildman–Crippen MR) is 84.5 cm³/mol. The second-order valence-corrected chi connectivity index (χ2v) is 7.83. The molecule has 0 saturated carbocycles. The molecule has 3 aliphatic rings. The fraction of sp³-hybridized carbons (Fsp3) is 1.00. The van der Waals surface area contributed by atoms with Crippen LogP contribution in [-0.2, 0) is 9.47 Å². The Bertz CT molecular complexity index is 317. The molecule has 0 amide bonds. The Labute approximate surface area is 129 Å². The summed E-state index contributed by atoms with van der Waals surface area (Å²) < 4.78 is 11.8. The van der Waals surface area contributed by atoms with Crippen LogP contribution in [0, 0.1) is 11.3 Å². The van der Waals surface area contributed by atoms with Crippen molar-refractivity contribution < 1.29 is 9.47 Å². The van der Waals surface area contributed by atoms with Crippen molar-refractivity contribution in [2.24, 2.45) is 11.3 Å². The monoisotopic (exact) mass is 296 g/mol. The van der Waals surface area contributed by atoms with Gasteiger partial charge in [-0.15, -0.1) is 0 Å². The number of hydrogen-bond acceptors (Lipinski definition) is 4. The summed E-state index contributed by atoms with van der Waals surface area (Å²) in [6.07, 6.45) is 6.01. The third-order valence-electron chi connectivity index (χ3n) is 5.13. The average Bonchev–Trinajstić information content (AvgIpc) is 2.78. The normalized spacial score (nSPS) is 37.3. The van der Waals surface area contributed by atoms with Crippen molar-refractivity contribution in [1.82, 2.24) is 10.2 Å². The Morgan fingerprint density at radius 2 is 2.00 bits per heavy atom. The number of rotatable bonds is 6. The summed E-state index contributed by atoms with van der Waals surface area (Å²) in [5.41, 5.74) is 0.309. The van der Waals surface area contributed by atoms with E-state index in [9.17, 15) is 0 Å². The molecule has 0 aliphatic carbocycles. The lowest BCUT2D eigenvalue weighted by Crippen LogP contribution is -2.53. The van der Waals surface area contributed by atoms with Crippen LogP contribution in [0.15, 0.2) is 0 Å². The van der Waals surface area contributed by atoms with Gasteiger partial charge in [0.25, 0.3) is 0 Å². The number of fused-ring (bicyclic) bond motifs is 2. The van der Waals surface area contributed by atoms with Crippen molar-refractivity contribution in [2.45, 2.75) is 51.7 Å². The molecule has 3 heterocycles. The zero-order valence-electron chi connectivity index (χ0n) is 13.8. The highest BCUT2D eigenvalue weighted by molar-refractivity contribution is 4.92. The number of likely N-dealkylation sites (tertiary alicyclic amines) is 1. The van der Waals surface area contributed by atoms with Gasteiger partial charge in [0.05, 0.1) is 18.8 Å². The summed E-state index contributed by atoms with van der Waals surface area (Å²) in [6, 6.07) is 0. The molecule has 0 aromatic heterocycles. The van der Waals surface area contributed by atoms with E-state index in [1.807, 2.05) is 0 Å². The topological polar surface area (TPSA) is 33.7 Å². The molecule has 3 aliphatic heterocycles. The van der Waals surface area contributed by atoms with E-state index in [0.717, 1.165) is 39.4 Å². The lowest BCUT2D eigenvalue weighted by molar-refractivity contribution is -0.0745. The molecule has 4 nitrogen and oxygen atoms in total. The van der Waals surface area contributed by atoms with Gasteiger partial charge in [0, 0.05) is 38.2 Å². The molecule has 122 valence electrons. The molecule has 0 radical (unpaired) electrons.